The number of nitrogen functional groups attached to an aromatic ring is 1. The number of carbonyl (C=O) groups excluding carboxylic acids is 3. The van der Waals surface area contributed by atoms with Crippen molar-refractivity contribution in [1.82, 2.24) is 19.6 Å². The van der Waals surface area contributed by atoms with Crippen LogP contribution >= 0.6 is 23.3 Å². The summed E-state index contributed by atoms with van der Waals surface area (Å²) in [6.45, 7) is 3.50. The monoisotopic (exact) mass is 670 g/mol. The predicted molar refractivity (Wildman–Crippen MR) is 166 cm³/mol. The van der Waals surface area contributed by atoms with Crippen molar-refractivity contribution in [2.75, 3.05) is 24.3 Å². The smallest absolute Gasteiger partial charge is 0.359 e. The Morgan fingerprint density at radius 3 is 2.38 bits per heavy atom. The van der Waals surface area contributed by atoms with E-state index in [1.807, 2.05) is 12.1 Å². The predicted octanol–water partition coefficient (Wildman–Crippen LogP) is 1.95. The quantitative estimate of drug-likeness (QED) is 0.0542. The summed E-state index contributed by atoms with van der Waals surface area (Å²) in [5.41, 5.74) is 6.24. The Labute approximate surface area is 266 Å². The first-order valence-electron chi connectivity index (χ1n) is 13.2. The minimum Gasteiger partial charge on any atom is -0.448 e. The van der Waals surface area contributed by atoms with Gasteiger partial charge in [-0.1, -0.05) is 78.5 Å². The summed E-state index contributed by atoms with van der Waals surface area (Å²) >= 11 is 1.92. The van der Waals surface area contributed by atoms with Gasteiger partial charge in [0.05, 0.1) is 12.0 Å². The molecule has 0 spiro atoms. The number of oxime groups is 1. The topological polar surface area (TPSA) is 192 Å². The maximum absolute atomic E-state index is 13.8. The molecule has 234 valence electrons. The third-order valence-corrected chi connectivity index (χ3v) is 8.61. The van der Waals surface area contributed by atoms with Crippen molar-refractivity contribution in [3.63, 3.8) is 0 Å². The van der Waals surface area contributed by atoms with Gasteiger partial charge in [0.2, 0.25) is 11.5 Å². The summed E-state index contributed by atoms with van der Waals surface area (Å²) < 4.78 is 39.3. The molecule has 1 aromatic heterocycles. The Hall–Kier alpha value is -4.74. The Kier molecular flexibility index (Phi) is 9.50. The van der Waals surface area contributed by atoms with Gasteiger partial charge >= 0.3 is 16.1 Å². The number of benzene rings is 2. The number of nitrogens with one attached hydrogen (secondary N) is 1. The highest BCUT2D eigenvalue weighted by molar-refractivity contribution is 8.00. The van der Waals surface area contributed by atoms with Crippen molar-refractivity contribution in [3.05, 3.63) is 102 Å². The average Bonchev–Trinajstić information content (AvgIpc) is 3.46. The molecule has 14 nitrogen and oxygen atoms in total. The van der Waals surface area contributed by atoms with E-state index in [0.717, 1.165) is 34.5 Å². The molecule has 2 aliphatic heterocycles. The van der Waals surface area contributed by atoms with E-state index in [0.29, 0.717) is 11.1 Å². The van der Waals surface area contributed by atoms with Crippen LogP contribution in [0.2, 0.25) is 0 Å². The number of thioether (sulfide) groups is 1. The lowest BCUT2D eigenvalue weighted by molar-refractivity contribution is -0.154. The molecule has 17 heteroatoms. The molecule has 3 N–H and O–H groups in total. The number of esters is 1. The molecule has 2 amide bonds. The highest BCUT2D eigenvalue weighted by Gasteiger charge is 2.56. The van der Waals surface area contributed by atoms with Crippen LogP contribution in [0.25, 0.3) is 0 Å². The van der Waals surface area contributed by atoms with Gasteiger partial charge in [0.1, 0.15) is 18.0 Å². The molecular weight excluding hydrogens is 645 g/mol. The number of hydrogen-bond donors (Lipinski definition) is 2. The Balaban J connectivity index is 1.43. The van der Waals surface area contributed by atoms with Crippen molar-refractivity contribution < 1.29 is 36.6 Å². The van der Waals surface area contributed by atoms with Gasteiger partial charge in [0.15, 0.2) is 22.7 Å². The number of nitrogens with zero attached hydrogens (tertiary/aromatic N) is 4. The number of nitrogens with two attached hydrogens (primary N) is 1. The van der Waals surface area contributed by atoms with Crippen molar-refractivity contribution in [1.29, 1.82) is 0 Å². The lowest BCUT2D eigenvalue weighted by Gasteiger charge is -2.49. The van der Waals surface area contributed by atoms with E-state index in [4.69, 9.17) is 19.5 Å². The molecule has 0 aliphatic carbocycles. The number of ether oxygens (including phenoxy) is 1. The number of rotatable bonds is 12. The van der Waals surface area contributed by atoms with Gasteiger partial charge in [0.25, 0.3) is 11.8 Å². The van der Waals surface area contributed by atoms with Crippen molar-refractivity contribution in [2.45, 2.75) is 17.5 Å². The fourth-order valence-electron chi connectivity index (χ4n) is 4.45. The van der Waals surface area contributed by atoms with Gasteiger partial charge in [0, 0.05) is 11.5 Å². The van der Waals surface area contributed by atoms with Crippen molar-refractivity contribution in [3.8, 4) is 0 Å². The number of fused-ring (bicyclic) bond motifs is 1. The number of anilines is 1. The lowest BCUT2D eigenvalue weighted by Crippen LogP contribution is -2.71. The van der Waals surface area contributed by atoms with Crippen LogP contribution in [0.5, 0.6) is 0 Å². The number of hydrogen-bond acceptors (Lipinski definition) is 14. The second kappa shape index (κ2) is 13.5. The lowest BCUT2D eigenvalue weighted by atomic mass is 10.0. The van der Waals surface area contributed by atoms with Crippen LogP contribution in [0.4, 0.5) is 5.13 Å². The summed E-state index contributed by atoms with van der Waals surface area (Å²) in [6.07, 6.45) is 1.35. The first kappa shape index (κ1) is 31.7. The molecule has 0 bridgehead atoms. The first-order chi connectivity index (χ1) is 21.6. The van der Waals surface area contributed by atoms with Crippen LogP contribution in [0.15, 0.2) is 89.9 Å². The van der Waals surface area contributed by atoms with Crippen molar-refractivity contribution in [2.24, 2.45) is 5.16 Å². The zero-order valence-corrected chi connectivity index (χ0v) is 26.0. The molecule has 2 aliphatic rings. The fourth-order valence-corrected chi connectivity index (χ4v) is 6.72. The normalized spacial score (nSPS) is 18.1. The number of amides is 2. The van der Waals surface area contributed by atoms with E-state index in [-0.39, 0.29) is 40.5 Å². The molecule has 0 radical (unpaired) electrons. The van der Waals surface area contributed by atoms with Gasteiger partial charge in [-0.3, -0.25) is 14.5 Å². The van der Waals surface area contributed by atoms with E-state index in [2.05, 4.69) is 26.4 Å². The Bertz CT molecular complexity index is 1740. The zero-order valence-electron chi connectivity index (χ0n) is 23.6. The maximum Gasteiger partial charge on any atom is 0.359 e. The second-order valence-corrected chi connectivity index (χ2v) is 13.0. The molecule has 5 rings (SSSR count). The average molecular weight is 671 g/mol. The number of β-lactam (4-membered cyclic amide) rings is 1. The molecule has 2 aromatic carbocycles. The Morgan fingerprint density at radius 2 is 1.82 bits per heavy atom. The van der Waals surface area contributed by atoms with Crippen LogP contribution in [-0.4, -0.2) is 76.2 Å². The van der Waals surface area contributed by atoms with Crippen LogP contribution in [0, 0.1) is 0 Å². The van der Waals surface area contributed by atoms with Gasteiger partial charge in [-0.2, -0.15) is 17.8 Å². The zero-order chi connectivity index (χ0) is 32.1. The minimum absolute atomic E-state index is 0.0165. The molecule has 3 aromatic rings. The highest BCUT2D eigenvalue weighted by atomic mass is 32.2. The molecule has 1 fully saturated rings. The molecule has 2 atom stereocenters. The van der Waals surface area contributed by atoms with Gasteiger partial charge in [-0.05, 0) is 11.1 Å². The van der Waals surface area contributed by atoms with Gasteiger partial charge in [-0.15, -0.1) is 11.8 Å². The molecule has 1 unspecified atom stereocenters. The van der Waals surface area contributed by atoms with E-state index in [1.165, 1.54) is 6.08 Å². The van der Waals surface area contributed by atoms with Crippen molar-refractivity contribution >= 4 is 62.0 Å². The molecule has 45 heavy (non-hydrogen) atoms. The van der Waals surface area contributed by atoms with Crippen LogP contribution in [-0.2, 0) is 38.3 Å². The van der Waals surface area contributed by atoms with E-state index < -0.39 is 45.4 Å². The maximum atomic E-state index is 13.8. The largest absolute Gasteiger partial charge is 0.448 e. The van der Waals surface area contributed by atoms with Crippen LogP contribution < -0.4 is 11.1 Å². The first-order valence-corrected chi connectivity index (χ1v) is 16.8. The fraction of sp³-hybridized carbons (Fsp3) is 0.214. The highest BCUT2D eigenvalue weighted by Crippen LogP contribution is 2.42. The summed E-state index contributed by atoms with van der Waals surface area (Å²) in [5.74, 6) is -3.04. The summed E-state index contributed by atoms with van der Waals surface area (Å²) in [6, 6.07) is 16.7. The van der Waals surface area contributed by atoms with E-state index in [9.17, 15) is 22.8 Å². The van der Waals surface area contributed by atoms with Gasteiger partial charge < -0.3 is 24.8 Å². The van der Waals surface area contributed by atoms with E-state index in [1.54, 1.807) is 48.5 Å². The standard InChI is InChI=1S/C28H26N6O8S3/c1-3-14-40-32-19(23-31-28(29)44-33-23)24(35)30-20-25(36)34-21(18(15-43-26(20)34)42-45(2,38)39)27(37)41-22(16-10-6-4-7-11-16)17-12-8-5-9-13-17/h3-13,20,22,26H,1,14-15H2,2H3,(H,30,35)(H2,29,31,33)/t20?,26-/m1/s1. The summed E-state index contributed by atoms with van der Waals surface area (Å²) in [5, 5.41) is 5.63. The third-order valence-electron chi connectivity index (χ3n) is 6.31. The van der Waals surface area contributed by atoms with Crippen LogP contribution in [0.1, 0.15) is 23.1 Å². The van der Waals surface area contributed by atoms with Crippen LogP contribution in [0.3, 0.4) is 0 Å². The second-order valence-electron chi connectivity index (χ2n) is 9.51. The van der Waals surface area contributed by atoms with Gasteiger partial charge in [-0.25, -0.2) is 4.79 Å². The molecule has 0 saturated carbocycles. The molecule has 1 saturated heterocycles. The third kappa shape index (κ3) is 7.16. The van der Waals surface area contributed by atoms with E-state index >= 15 is 0 Å². The minimum atomic E-state index is -4.09. The summed E-state index contributed by atoms with van der Waals surface area (Å²) in [7, 11) is -4.09. The SMILES string of the molecule is C=CCON=C(C(=O)NC1C(=O)N2C(C(=O)OC(c3ccccc3)c3ccccc3)=C(OS(C)(=O)=O)CS[C@H]12)c1nsc(N)n1. The summed E-state index contributed by atoms with van der Waals surface area (Å²) in [4.78, 5) is 50.7. The molecule has 3 heterocycles. The molecular formula is C28H26N6O8S3. The number of carbonyl (C=O) groups is 3. The Morgan fingerprint density at radius 1 is 1.18 bits per heavy atom. The number of aromatic nitrogens is 2.